The van der Waals surface area contributed by atoms with Crippen LogP contribution in [0.1, 0.15) is 12.5 Å². The minimum absolute atomic E-state index is 0.553. The summed E-state index contributed by atoms with van der Waals surface area (Å²) in [5.74, 6) is 0.621. The summed E-state index contributed by atoms with van der Waals surface area (Å²) in [6.07, 6.45) is 1.71. The first-order chi connectivity index (χ1) is 7.26. The summed E-state index contributed by atoms with van der Waals surface area (Å²) < 4.78 is 1.69. The van der Waals surface area contributed by atoms with E-state index >= 15 is 0 Å². The van der Waals surface area contributed by atoms with Crippen molar-refractivity contribution in [3.63, 3.8) is 0 Å². The van der Waals surface area contributed by atoms with Gasteiger partial charge in [0.2, 0.25) is 0 Å². The molecule has 0 amide bonds. The van der Waals surface area contributed by atoms with E-state index in [9.17, 15) is 0 Å². The Morgan fingerprint density at radius 3 is 3.07 bits per heavy atom. The van der Waals surface area contributed by atoms with Gasteiger partial charge in [-0.2, -0.15) is 10.4 Å². The molecule has 0 fully saturated rings. The van der Waals surface area contributed by atoms with Gasteiger partial charge in [0.1, 0.15) is 11.9 Å². The number of nitrogens with one attached hydrogen (secondary N) is 1. The van der Waals surface area contributed by atoms with Crippen molar-refractivity contribution in [3.05, 3.63) is 17.8 Å². The van der Waals surface area contributed by atoms with Crippen LogP contribution < -0.4 is 5.32 Å². The Bertz CT molecular complexity index is 534. The quantitative estimate of drug-likeness (QED) is 0.794. The van der Waals surface area contributed by atoms with E-state index in [0.717, 1.165) is 17.6 Å². The summed E-state index contributed by atoms with van der Waals surface area (Å²) in [6, 6.07) is 3.92. The number of pyridine rings is 1. The SMILES string of the molecule is CCNc1nc2c(cnn2C)cc1C#N. The van der Waals surface area contributed by atoms with Crippen molar-refractivity contribution in [2.75, 3.05) is 11.9 Å². The predicted octanol–water partition coefficient (Wildman–Crippen LogP) is 1.27. The lowest BCUT2D eigenvalue weighted by Crippen LogP contribution is -2.03. The fraction of sp³-hybridized carbons (Fsp3) is 0.300. The van der Waals surface area contributed by atoms with Gasteiger partial charge in [0, 0.05) is 19.0 Å². The van der Waals surface area contributed by atoms with Gasteiger partial charge in [-0.3, -0.25) is 4.68 Å². The van der Waals surface area contributed by atoms with Gasteiger partial charge in [-0.05, 0) is 13.0 Å². The topological polar surface area (TPSA) is 66.5 Å². The Labute approximate surface area is 87.3 Å². The fourth-order valence-corrected chi connectivity index (χ4v) is 1.46. The summed E-state index contributed by atoms with van der Waals surface area (Å²) in [5.41, 5.74) is 1.34. The van der Waals surface area contributed by atoms with Gasteiger partial charge >= 0.3 is 0 Å². The average Bonchev–Trinajstić information content (AvgIpc) is 2.60. The van der Waals surface area contributed by atoms with E-state index in [4.69, 9.17) is 5.26 Å². The maximum atomic E-state index is 8.95. The molecule has 0 bridgehead atoms. The molecule has 15 heavy (non-hydrogen) atoms. The summed E-state index contributed by atoms with van der Waals surface area (Å²) in [4.78, 5) is 4.36. The lowest BCUT2D eigenvalue weighted by Gasteiger charge is -2.04. The van der Waals surface area contributed by atoms with Crippen molar-refractivity contribution >= 4 is 16.9 Å². The van der Waals surface area contributed by atoms with Crippen LogP contribution >= 0.6 is 0 Å². The van der Waals surface area contributed by atoms with Gasteiger partial charge in [-0.1, -0.05) is 0 Å². The second-order valence-electron chi connectivity index (χ2n) is 3.21. The molecule has 0 aliphatic carbocycles. The molecule has 1 N–H and O–H groups in total. The number of hydrogen-bond acceptors (Lipinski definition) is 4. The van der Waals surface area contributed by atoms with E-state index in [1.807, 2.05) is 14.0 Å². The standard InChI is InChI=1S/C10H11N5/c1-3-12-9-7(5-11)4-8-6-13-15(2)10(8)14-9/h4,6H,3H2,1-2H3,(H,12,14). The molecule has 2 aromatic heterocycles. The van der Waals surface area contributed by atoms with Crippen LogP contribution in [0.2, 0.25) is 0 Å². The number of nitrogens with zero attached hydrogens (tertiary/aromatic N) is 4. The van der Waals surface area contributed by atoms with Crippen molar-refractivity contribution in [2.45, 2.75) is 6.92 Å². The van der Waals surface area contributed by atoms with Gasteiger partial charge in [0.15, 0.2) is 5.65 Å². The van der Waals surface area contributed by atoms with Gasteiger partial charge in [-0.15, -0.1) is 0 Å². The first kappa shape index (κ1) is 9.46. The first-order valence-corrected chi connectivity index (χ1v) is 4.73. The van der Waals surface area contributed by atoms with Crippen LogP contribution in [0, 0.1) is 11.3 Å². The molecule has 76 valence electrons. The van der Waals surface area contributed by atoms with Crippen LogP contribution in [-0.4, -0.2) is 21.3 Å². The van der Waals surface area contributed by atoms with E-state index in [1.54, 1.807) is 16.9 Å². The Morgan fingerprint density at radius 1 is 1.60 bits per heavy atom. The lowest BCUT2D eigenvalue weighted by atomic mass is 10.2. The second-order valence-corrected chi connectivity index (χ2v) is 3.21. The smallest absolute Gasteiger partial charge is 0.159 e. The molecule has 5 nitrogen and oxygen atoms in total. The molecule has 2 aromatic rings. The van der Waals surface area contributed by atoms with Crippen LogP contribution in [0.4, 0.5) is 5.82 Å². The highest BCUT2D eigenvalue weighted by atomic mass is 15.3. The molecule has 0 aromatic carbocycles. The van der Waals surface area contributed by atoms with Gasteiger partial charge < -0.3 is 5.32 Å². The van der Waals surface area contributed by atoms with Crippen LogP contribution in [0.3, 0.4) is 0 Å². The van der Waals surface area contributed by atoms with Gasteiger partial charge in [0.05, 0.1) is 11.8 Å². The zero-order valence-corrected chi connectivity index (χ0v) is 8.65. The maximum Gasteiger partial charge on any atom is 0.159 e. The Hall–Kier alpha value is -2.09. The lowest BCUT2D eigenvalue weighted by molar-refractivity contribution is 0.786. The number of hydrogen-bond donors (Lipinski definition) is 1. The molecule has 0 saturated heterocycles. The highest BCUT2D eigenvalue weighted by molar-refractivity contribution is 5.79. The third-order valence-electron chi connectivity index (χ3n) is 2.17. The van der Waals surface area contributed by atoms with Crippen LogP contribution in [-0.2, 0) is 7.05 Å². The molecule has 0 aliphatic rings. The third-order valence-corrected chi connectivity index (χ3v) is 2.17. The predicted molar refractivity (Wildman–Crippen MR) is 57.4 cm³/mol. The zero-order chi connectivity index (χ0) is 10.8. The van der Waals surface area contributed by atoms with E-state index in [0.29, 0.717) is 11.4 Å². The van der Waals surface area contributed by atoms with E-state index < -0.39 is 0 Å². The zero-order valence-electron chi connectivity index (χ0n) is 8.65. The number of nitriles is 1. The Morgan fingerprint density at radius 2 is 2.40 bits per heavy atom. The maximum absolute atomic E-state index is 8.95. The monoisotopic (exact) mass is 201 g/mol. The molecule has 2 heterocycles. The van der Waals surface area contributed by atoms with Gasteiger partial charge in [-0.25, -0.2) is 4.98 Å². The highest BCUT2D eigenvalue weighted by Crippen LogP contribution is 2.18. The molecular weight excluding hydrogens is 190 g/mol. The fourth-order valence-electron chi connectivity index (χ4n) is 1.46. The Kier molecular flexibility index (Phi) is 2.26. The minimum Gasteiger partial charge on any atom is -0.369 e. The van der Waals surface area contributed by atoms with Crippen molar-refractivity contribution in [1.82, 2.24) is 14.8 Å². The van der Waals surface area contributed by atoms with Crippen molar-refractivity contribution in [1.29, 1.82) is 5.26 Å². The second kappa shape index (κ2) is 3.58. The molecule has 0 spiro atoms. The summed E-state index contributed by atoms with van der Waals surface area (Å²) >= 11 is 0. The normalized spacial score (nSPS) is 10.2. The highest BCUT2D eigenvalue weighted by Gasteiger charge is 2.08. The van der Waals surface area contributed by atoms with Crippen LogP contribution in [0.15, 0.2) is 12.3 Å². The molecule has 2 rings (SSSR count). The van der Waals surface area contributed by atoms with E-state index in [2.05, 4.69) is 21.5 Å². The summed E-state index contributed by atoms with van der Waals surface area (Å²) in [7, 11) is 1.83. The molecule has 0 saturated carbocycles. The minimum atomic E-state index is 0.553. The van der Waals surface area contributed by atoms with Crippen molar-refractivity contribution in [2.24, 2.45) is 7.05 Å². The molecule has 0 unspecified atom stereocenters. The average molecular weight is 201 g/mol. The number of aromatic nitrogens is 3. The van der Waals surface area contributed by atoms with Gasteiger partial charge in [0.25, 0.3) is 0 Å². The number of fused-ring (bicyclic) bond motifs is 1. The summed E-state index contributed by atoms with van der Waals surface area (Å²) in [6.45, 7) is 2.71. The van der Waals surface area contributed by atoms with E-state index in [-0.39, 0.29) is 0 Å². The van der Waals surface area contributed by atoms with Crippen LogP contribution in [0.5, 0.6) is 0 Å². The summed E-state index contributed by atoms with van der Waals surface area (Å²) in [5, 5.41) is 17.0. The number of rotatable bonds is 2. The van der Waals surface area contributed by atoms with E-state index in [1.165, 1.54) is 0 Å². The number of anilines is 1. The molecule has 0 aliphatic heterocycles. The van der Waals surface area contributed by atoms with Crippen molar-refractivity contribution < 1.29 is 0 Å². The number of aryl methyl sites for hydroxylation is 1. The van der Waals surface area contributed by atoms with Crippen LogP contribution in [0.25, 0.3) is 11.0 Å². The largest absolute Gasteiger partial charge is 0.369 e. The Balaban J connectivity index is 2.67. The first-order valence-electron chi connectivity index (χ1n) is 4.73. The van der Waals surface area contributed by atoms with Crippen molar-refractivity contribution in [3.8, 4) is 6.07 Å². The molecule has 5 heteroatoms. The molecule has 0 atom stereocenters. The third kappa shape index (κ3) is 1.50. The molecular formula is C10H11N5. The molecule has 0 radical (unpaired) electrons.